The Labute approximate surface area is 195 Å². The number of rotatable bonds is 5. The highest BCUT2D eigenvalue weighted by Gasteiger charge is 2.26. The van der Waals surface area contributed by atoms with E-state index in [1.807, 2.05) is 54.0 Å². The number of dihydropyridines is 1. The van der Waals surface area contributed by atoms with E-state index in [-0.39, 0.29) is 6.54 Å². The van der Waals surface area contributed by atoms with E-state index in [0.29, 0.717) is 22.9 Å². The van der Waals surface area contributed by atoms with Crippen molar-refractivity contribution in [3.8, 4) is 17.1 Å². The minimum Gasteiger partial charge on any atom is -0.383 e. The number of aliphatic imine (C=N–C) groups is 1. The number of allylic oxidation sites excluding steroid dienone is 1. The molecular formula is C25H22FN7O. The van der Waals surface area contributed by atoms with Crippen LogP contribution >= 0.6 is 0 Å². The molecule has 0 radical (unpaired) electrons. The molecule has 170 valence electrons. The monoisotopic (exact) mass is 455 g/mol. The van der Waals surface area contributed by atoms with Crippen LogP contribution in [0.25, 0.3) is 28.2 Å². The predicted molar refractivity (Wildman–Crippen MR) is 129 cm³/mol. The lowest BCUT2D eigenvalue weighted by Gasteiger charge is -2.16. The number of aryl methyl sites for hydroxylation is 1. The number of anilines is 1. The summed E-state index contributed by atoms with van der Waals surface area (Å²) in [6.45, 7) is 2.23. The van der Waals surface area contributed by atoms with Gasteiger partial charge in [0.05, 0.1) is 5.56 Å². The Bertz CT molecular complexity index is 1430. The number of halogens is 1. The number of imidazole rings is 1. The molecule has 9 heteroatoms. The predicted octanol–water partition coefficient (Wildman–Crippen LogP) is 3.54. The largest absolute Gasteiger partial charge is 0.383 e. The topological polar surface area (TPSA) is 111 Å². The molecule has 0 saturated carbocycles. The number of hydrogen-bond donors (Lipinski definition) is 2. The van der Waals surface area contributed by atoms with Crippen LogP contribution in [0.5, 0.6) is 0 Å². The third-order valence-corrected chi connectivity index (χ3v) is 5.61. The summed E-state index contributed by atoms with van der Waals surface area (Å²) >= 11 is 0. The minimum atomic E-state index is -1.56. The summed E-state index contributed by atoms with van der Waals surface area (Å²) in [7, 11) is 0. The Morgan fingerprint density at radius 3 is 2.79 bits per heavy atom. The average molecular weight is 455 g/mol. The first-order chi connectivity index (χ1) is 16.5. The van der Waals surface area contributed by atoms with Crippen LogP contribution in [0.15, 0.2) is 72.0 Å². The third kappa shape index (κ3) is 4.03. The van der Waals surface area contributed by atoms with Crippen molar-refractivity contribution in [1.82, 2.24) is 24.8 Å². The van der Waals surface area contributed by atoms with Gasteiger partial charge in [-0.25, -0.2) is 19.3 Å². The summed E-state index contributed by atoms with van der Waals surface area (Å²) in [5.41, 5.74) is 11.0. The molecule has 0 fully saturated rings. The van der Waals surface area contributed by atoms with Gasteiger partial charge >= 0.3 is 0 Å². The molecule has 0 bridgehead atoms. The van der Waals surface area contributed by atoms with Gasteiger partial charge in [-0.15, -0.1) is 0 Å². The van der Waals surface area contributed by atoms with E-state index in [4.69, 9.17) is 10.7 Å². The second-order valence-electron chi connectivity index (χ2n) is 8.03. The standard InChI is InChI=1S/C25H22FN7O/c1-15-12-20-24(30-13-15)33(23(32-20)19-5-3-11-29-22(19)27)17-8-6-16(7-9-17)14-31-25(34)18-4-2-10-28-21(18)26/h2-13,18,21H,14H2,1H3,(H2,27,29)(H,31,34). The SMILES string of the molecule is Cc1cnc2c(c1)nc(-c1cccnc1N)n2-c1ccc(CNC(=O)C2C=CC=NC2F)cc1. The molecule has 0 saturated heterocycles. The van der Waals surface area contributed by atoms with Gasteiger partial charge in [-0.2, -0.15) is 0 Å². The summed E-state index contributed by atoms with van der Waals surface area (Å²) in [5.74, 6) is -0.302. The number of nitrogen functional groups attached to an aromatic ring is 1. The molecule has 1 aliphatic heterocycles. The van der Waals surface area contributed by atoms with Crippen LogP contribution in [0, 0.1) is 12.8 Å². The quantitative estimate of drug-likeness (QED) is 0.447. The Kier molecular flexibility index (Phi) is 5.59. The second kappa shape index (κ2) is 8.86. The highest BCUT2D eigenvalue weighted by atomic mass is 19.1. The zero-order valence-electron chi connectivity index (χ0n) is 18.4. The normalized spacial score (nSPS) is 17.2. The molecule has 2 atom stereocenters. The summed E-state index contributed by atoms with van der Waals surface area (Å²) in [6, 6.07) is 13.3. The molecule has 4 aromatic rings. The lowest BCUT2D eigenvalue weighted by atomic mass is 10.1. The van der Waals surface area contributed by atoms with E-state index in [0.717, 1.165) is 22.3 Å². The Hall–Kier alpha value is -4.40. The number of amides is 1. The van der Waals surface area contributed by atoms with Crippen LogP contribution in [0.3, 0.4) is 0 Å². The van der Waals surface area contributed by atoms with Crippen LogP contribution in [0.2, 0.25) is 0 Å². The molecule has 1 amide bonds. The van der Waals surface area contributed by atoms with Gasteiger partial charge in [-0.3, -0.25) is 14.4 Å². The molecule has 1 aromatic carbocycles. The summed E-state index contributed by atoms with van der Waals surface area (Å²) in [4.78, 5) is 29.6. The van der Waals surface area contributed by atoms with Gasteiger partial charge in [0.25, 0.3) is 0 Å². The number of nitrogens with one attached hydrogen (secondary N) is 1. The fourth-order valence-electron chi connectivity index (χ4n) is 3.87. The van der Waals surface area contributed by atoms with Crippen molar-refractivity contribution >= 4 is 29.1 Å². The maximum Gasteiger partial charge on any atom is 0.232 e. The van der Waals surface area contributed by atoms with Crippen molar-refractivity contribution in [2.45, 2.75) is 19.8 Å². The molecule has 3 N–H and O–H groups in total. The molecule has 2 unspecified atom stereocenters. The van der Waals surface area contributed by atoms with E-state index in [9.17, 15) is 9.18 Å². The van der Waals surface area contributed by atoms with E-state index < -0.39 is 18.1 Å². The van der Waals surface area contributed by atoms with Gasteiger partial charge in [0.1, 0.15) is 17.3 Å². The lowest BCUT2D eigenvalue weighted by Crippen LogP contribution is -2.34. The fraction of sp³-hybridized carbons (Fsp3) is 0.160. The summed E-state index contributed by atoms with van der Waals surface area (Å²) < 4.78 is 15.8. The Balaban J connectivity index is 1.44. The van der Waals surface area contributed by atoms with Gasteiger partial charge in [-0.05, 0) is 54.5 Å². The molecule has 5 rings (SSSR count). The van der Waals surface area contributed by atoms with Crippen LogP contribution in [0.1, 0.15) is 11.1 Å². The van der Waals surface area contributed by atoms with Crippen LogP contribution in [0.4, 0.5) is 10.2 Å². The molecule has 0 spiro atoms. The average Bonchev–Trinajstić information content (AvgIpc) is 3.21. The minimum absolute atomic E-state index is 0.268. The van der Waals surface area contributed by atoms with Crippen molar-refractivity contribution in [1.29, 1.82) is 0 Å². The first kappa shape index (κ1) is 21.4. The van der Waals surface area contributed by atoms with Crippen molar-refractivity contribution in [3.05, 3.63) is 78.1 Å². The van der Waals surface area contributed by atoms with Crippen LogP contribution < -0.4 is 11.1 Å². The molecule has 0 aliphatic carbocycles. The highest BCUT2D eigenvalue weighted by molar-refractivity contribution is 5.85. The molecule has 3 aromatic heterocycles. The molecular weight excluding hydrogens is 433 g/mol. The maximum atomic E-state index is 13.9. The number of hydrogen-bond acceptors (Lipinski definition) is 6. The number of pyridine rings is 2. The first-order valence-corrected chi connectivity index (χ1v) is 10.8. The number of aromatic nitrogens is 4. The van der Waals surface area contributed by atoms with Gasteiger partial charge in [0, 0.05) is 30.8 Å². The Morgan fingerprint density at radius 2 is 2.03 bits per heavy atom. The van der Waals surface area contributed by atoms with E-state index >= 15 is 0 Å². The number of nitrogens with zero attached hydrogens (tertiary/aromatic N) is 5. The lowest BCUT2D eigenvalue weighted by molar-refractivity contribution is -0.125. The number of carbonyl (C=O) groups is 1. The van der Waals surface area contributed by atoms with E-state index in [1.165, 1.54) is 12.3 Å². The Morgan fingerprint density at radius 1 is 1.21 bits per heavy atom. The van der Waals surface area contributed by atoms with Crippen molar-refractivity contribution < 1.29 is 9.18 Å². The second-order valence-corrected chi connectivity index (χ2v) is 8.03. The number of nitrogens with two attached hydrogens (primary N) is 1. The third-order valence-electron chi connectivity index (χ3n) is 5.61. The van der Waals surface area contributed by atoms with E-state index in [2.05, 4.69) is 20.3 Å². The number of alkyl halides is 1. The van der Waals surface area contributed by atoms with E-state index in [1.54, 1.807) is 18.5 Å². The number of benzene rings is 1. The molecule has 1 aliphatic rings. The number of carbonyl (C=O) groups excluding carboxylic acids is 1. The first-order valence-electron chi connectivity index (χ1n) is 10.8. The van der Waals surface area contributed by atoms with Crippen molar-refractivity contribution in [2.24, 2.45) is 10.9 Å². The van der Waals surface area contributed by atoms with Crippen molar-refractivity contribution in [2.75, 3.05) is 5.73 Å². The van der Waals surface area contributed by atoms with Crippen LogP contribution in [-0.4, -0.2) is 37.9 Å². The fourth-order valence-corrected chi connectivity index (χ4v) is 3.87. The molecule has 4 heterocycles. The van der Waals surface area contributed by atoms with Gasteiger partial charge in [0.15, 0.2) is 11.5 Å². The van der Waals surface area contributed by atoms with Crippen molar-refractivity contribution in [3.63, 3.8) is 0 Å². The maximum absolute atomic E-state index is 13.9. The van der Waals surface area contributed by atoms with Gasteiger partial charge in [0.2, 0.25) is 12.2 Å². The molecule has 34 heavy (non-hydrogen) atoms. The number of fused-ring (bicyclic) bond motifs is 1. The molecule has 8 nitrogen and oxygen atoms in total. The summed E-state index contributed by atoms with van der Waals surface area (Å²) in [6.07, 6.45) is 6.32. The van der Waals surface area contributed by atoms with Gasteiger partial charge in [-0.1, -0.05) is 18.2 Å². The van der Waals surface area contributed by atoms with Gasteiger partial charge < -0.3 is 11.1 Å². The zero-order chi connectivity index (χ0) is 23.7. The highest BCUT2D eigenvalue weighted by Crippen LogP contribution is 2.30. The zero-order valence-corrected chi connectivity index (χ0v) is 18.4. The van der Waals surface area contributed by atoms with Crippen LogP contribution in [-0.2, 0) is 11.3 Å². The summed E-state index contributed by atoms with van der Waals surface area (Å²) in [5, 5.41) is 2.77. The smallest absolute Gasteiger partial charge is 0.232 e.